The molecule has 9 heteroatoms. The van der Waals surface area contributed by atoms with Crippen molar-refractivity contribution in [2.45, 2.75) is 24.3 Å². The number of benzene rings is 1. The summed E-state index contributed by atoms with van der Waals surface area (Å²) in [6.45, 7) is 2.00. The van der Waals surface area contributed by atoms with Gasteiger partial charge >= 0.3 is 0 Å². The topological polar surface area (TPSA) is 96.5 Å². The number of carbonyl (C=O) groups is 1. The zero-order valence-corrected chi connectivity index (χ0v) is 13.9. The molecular formula is C14H14N6OS2. The van der Waals surface area contributed by atoms with Crippen LogP contribution in [0.5, 0.6) is 0 Å². The summed E-state index contributed by atoms with van der Waals surface area (Å²) in [4.78, 5) is 16.2. The lowest BCUT2D eigenvalue weighted by Crippen LogP contribution is -2.11. The van der Waals surface area contributed by atoms with Crippen molar-refractivity contribution in [2.24, 2.45) is 0 Å². The van der Waals surface area contributed by atoms with Gasteiger partial charge in [-0.05, 0) is 24.1 Å². The van der Waals surface area contributed by atoms with Gasteiger partial charge < -0.3 is 0 Å². The van der Waals surface area contributed by atoms with Gasteiger partial charge in [0, 0.05) is 11.3 Å². The number of hydrogen-bond donors (Lipinski definition) is 2. The number of aryl methyl sites for hydroxylation is 1. The fourth-order valence-electron chi connectivity index (χ4n) is 1.78. The van der Waals surface area contributed by atoms with E-state index in [0.29, 0.717) is 10.7 Å². The molecule has 118 valence electrons. The van der Waals surface area contributed by atoms with Gasteiger partial charge in [-0.25, -0.2) is 4.98 Å². The first-order valence-corrected chi connectivity index (χ1v) is 8.75. The van der Waals surface area contributed by atoms with Crippen LogP contribution >= 0.6 is 23.1 Å². The van der Waals surface area contributed by atoms with E-state index in [1.54, 1.807) is 23.9 Å². The summed E-state index contributed by atoms with van der Waals surface area (Å²) in [7, 11) is 0. The predicted octanol–water partition coefficient (Wildman–Crippen LogP) is 2.76. The minimum absolute atomic E-state index is 0.182. The highest BCUT2D eigenvalue weighted by Crippen LogP contribution is 2.19. The highest BCUT2D eigenvalue weighted by atomic mass is 32.2. The molecule has 23 heavy (non-hydrogen) atoms. The molecule has 1 aromatic carbocycles. The average Bonchev–Trinajstić information content (AvgIpc) is 3.25. The van der Waals surface area contributed by atoms with Gasteiger partial charge in [-0.15, -0.1) is 10.2 Å². The van der Waals surface area contributed by atoms with E-state index in [9.17, 15) is 4.79 Å². The van der Waals surface area contributed by atoms with E-state index in [2.05, 4.69) is 30.7 Å². The number of carbonyl (C=O) groups excluding carboxylic acids is 1. The van der Waals surface area contributed by atoms with Gasteiger partial charge in [0.25, 0.3) is 5.91 Å². The van der Waals surface area contributed by atoms with Crippen LogP contribution in [0.3, 0.4) is 0 Å². The summed E-state index contributed by atoms with van der Waals surface area (Å²) in [5.74, 6) is 0.575. The second kappa shape index (κ2) is 7.34. The molecule has 3 rings (SSSR count). The standard InChI is InChI=1S/C14H14N6OS2/c1-2-11-18-20-14(23-11)17-12(21)10-5-3-9(4-6-10)7-22-13-15-8-16-19-13/h3-6,8H,2,7H2,1H3,(H,15,16,19)(H,17,20,21). The molecular weight excluding hydrogens is 332 g/mol. The SMILES string of the molecule is CCc1nnc(NC(=O)c2ccc(CSc3ncn[nH]3)cc2)s1. The van der Waals surface area contributed by atoms with Crippen LogP contribution in [-0.2, 0) is 12.2 Å². The molecule has 7 nitrogen and oxygen atoms in total. The van der Waals surface area contributed by atoms with E-state index < -0.39 is 0 Å². The monoisotopic (exact) mass is 346 g/mol. The highest BCUT2D eigenvalue weighted by Gasteiger charge is 2.10. The van der Waals surface area contributed by atoms with Crippen molar-refractivity contribution >= 4 is 34.1 Å². The predicted molar refractivity (Wildman–Crippen MR) is 89.6 cm³/mol. The molecule has 1 amide bonds. The fourth-order valence-corrected chi connectivity index (χ4v) is 3.19. The number of rotatable bonds is 6. The molecule has 0 aliphatic carbocycles. The van der Waals surface area contributed by atoms with E-state index in [-0.39, 0.29) is 5.91 Å². The van der Waals surface area contributed by atoms with Crippen LogP contribution in [0.4, 0.5) is 5.13 Å². The van der Waals surface area contributed by atoms with Gasteiger partial charge in [0.2, 0.25) is 5.13 Å². The summed E-state index contributed by atoms with van der Waals surface area (Å²) in [5, 5.41) is 19.5. The van der Waals surface area contributed by atoms with E-state index in [1.807, 2.05) is 19.1 Å². The second-order valence-corrected chi connectivity index (χ2v) is 6.61. The third-order valence-electron chi connectivity index (χ3n) is 2.97. The number of amides is 1. The first-order chi connectivity index (χ1) is 11.2. The number of nitrogens with zero attached hydrogens (tertiary/aromatic N) is 4. The zero-order valence-electron chi connectivity index (χ0n) is 12.3. The average molecular weight is 346 g/mol. The molecule has 0 bridgehead atoms. The lowest BCUT2D eigenvalue weighted by Gasteiger charge is -2.03. The van der Waals surface area contributed by atoms with Crippen molar-refractivity contribution in [3.63, 3.8) is 0 Å². The fraction of sp³-hybridized carbons (Fsp3) is 0.214. The Balaban J connectivity index is 1.58. The molecule has 2 N–H and O–H groups in total. The molecule has 0 saturated heterocycles. The molecule has 0 aliphatic heterocycles. The molecule has 0 atom stereocenters. The molecule has 3 aromatic rings. The van der Waals surface area contributed by atoms with Gasteiger partial charge in [-0.1, -0.05) is 42.2 Å². The minimum Gasteiger partial charge on any atom is -0.296 e. The van der Waals surface area contributed by atoms with Gasteiger partial charge in [0.05, 0.1) is 0 Å². The molecule has 0 radical (unpaired) electrons. The number of hydrogen-bond acceptors (Lipinski definition) is 7. The Hall–Kier alpha value is -2.26. The number of nitrogens with one attached hydrogen (secondary N) is 2. The Morgan fingerprint density at radius 2 is 2.13 bits per heavy atom. The summed E-state index contributed by atoms with van der Waals surface area (Å²) in [6.07, 6.45) is 2.29. The Kier molecular flexibility index (Phi) is 4.99. The van der Waals surface area contributed by atoms with Crippen molar-refractivity contribution in [1.29, 1.82) is 0 Å². The van der Waals surface area contributed by atoms with Crippen LogP contribution in [0.15, 0.2) is 35.7 Å². The second-order valence-electron chi connectivity index (χ2n) is 4.58. The van der Waals surface area contributed by atoms with Gasteiger partial charge in [-0.3, -0.25) is 15.2 Å². The quantitative estimate of drug-likeness (QED) is 0.666. The maximum atomic E-state index is 12.2. The third kappa shape index (κ3) is 4.14. The van der Waals surface area contributed by atoms with Crippen LogP contribution < -0.4 is 5.32 Å². The van der Waals surface area contributed by atoms with Crippen molar-refractivity contribution < 1.29 is 4.79 Å². The Morgan fingerprint density at radius 3 is 2.78 bits per heavy atom. The molecule has 0 fully saturated rings. The van der Waals surface area contributed by atoms with E-state index >= 15 is 0 Å². The molecule has 0 aliphatic rings. The number of aromatic nitrogens is 5. The zero-order chi connectivity index (χ0) is 16.1. The first-order valence-electron chi connectivity index (χ1n) is 6.95. The molecule has 0 spiro atoms. The van der Waals surface area contributed by atoms with Crippen LogP contribution in [0.2, 0.25) is 0 Å². The molecule has 0 saturated carbocycles. The van der Waals surface area contributed by atoms with Crippen LogP contribution in [0, 0.1) is 0 Å². The first kappa shape index (κ1) is 15.6. The highest BCUT2D eigenvalue weighted by molar-refractivity contribution is 7.98. The third-order valence-corrected chi connectivity index (χ3v) is 4.91. The number of H-pyrrole nitrogens is 1. The minimum atomic E-state index is -0.182. The van der Waals surface area contributed by atoms with Crippen molar-refractivity contribution in [3.8, 4) is 0 Å². The van der Waals surface area contributed by atoms with Gasteiger partial charge in [-0.2, -0.15) is 5.10 Å². The van der Waals surface area contributed by atoms with E-state index in [0.717, 1.165) is 27.9 Å². The Morgan fingerprint density at radius 1 is 1.30 bits per heavy atom. The smallest absolute Gasteiger partial charge is 0.257 e. The number of aromatic amines is 1. The molecule has 2 heterocycles. The number of anilines is 1. The largest absolute Gasteiger partial charge is 0.296 e. The molecule has 0 unspecified atom stereocenters. The Labute approximate surface area is 141 Å². The summed E-state index contributed by atoms with van der Waals surface area (Å²) in [5.41, 5.74) is 1.69. The van der Waals surface area contributed by atoms with Crippen LogP contribution in [-0.4, -0.2) is 31.3 Å². The van der Waals surface area contributed by atoms with E-state index in [4.69, 9.17) is 0 Å². The van der Waals surface area contributed by atoms with Crippen molar-refractivity contribution in [2.75, 3.05) is 5.32 Å². The van der Waals surface area contributed by atoms with Crippen LogP contribution in [0.1, 0.15) is 27.9 Å². The van der Waals surface area contributed by atoms with Gasteiger partial charge in [0.15, 0.2) is 5.16 Å². The Bertz CT molecular complexity index is 769. The normalized spacial score (nSPS) is 10.7. The summed E-state index contributed by atoms with van der Waals surface area (Å²) < 4.78 is 0. The van der Waals surface area contributed by atoms with Gasteiger partial charge in [0.1, 0.15) is 11.3 Å². The lowest BCUT2D eigenvalue weighted by molar-refractivity contribution is 0.102. The number of thioether (sulfide) groups is 1. The summed E-state index contributed by atoms with van der Waals surface area (Å²) >= 11 is 2.95. The molecule has 2 aromatic heterocycles. The van der Waals surface area contributed by atoms with Crippen molar-refractivity contribution in [3.05, 3.63) is 46.7 Å². The lowest BCUT2D eigenvalue weighted by atomic mass is 10.1. The van der Waals surface area contributed by atoms with E-state index in [1.165, 1.54) is 17.7 Å². The summed E-state index contributed by atoms with van der Waals surface area (Å²) in [6, 6.07) is 7.45. The van der Waals surface area contributed by atoms with Crippen LogP contribution in [0.25, 0.3) is 0 Å². The maximum Gasteiger partial charge on any atom is 0.257 e. The maximum absolute atomic E-state index is 12.2. The van der Waals surface area contributed by atoms with Crippen molar-refractivity contribution in [1.82, 2.24) is 25.4 Å².